The van der Waals surface area contributed by atoms with E-state index < -0.39 is 0 Å². The summed E-state index contributed by atoms with van der Waals surface area (Å²) in [4.78, 5) is 2.44. The van der Waals surface area contributed by atoms with Crippen LogP contribution in [0.25, 0.3) is 0 Å². The van der Waals surface area contributed by atoms with Gasteiger partial charge in [0.25, 0.3) is 0 Å². The SMILES string of the molecule is Oc1ccccc1CNCl. The number of hydrogen-bond acceptors (Lipinski definition) is 2. The first-order valence-electron chi connectivity index (χ1n) is 2.95. The third-order valence-electron chi connectivity index (χ3n) is 1.25. The average Bonchev–Trinajstić information content (AvgIpc) is 1.94. The molecule has 1 rings (SSSR count). The van der Waals surface area contributed by atoms with E-state index in [0.717, 1.165) is 5.56 Å². The summed E-state index contributed by atoms with van der Waals surface area (Å²) in [7, 11) is 0. The van der Waals surface area contributed by atoms with Gasteiger partial charge in [0.1, 0.15) is 5.75 Å². The van der Waals surface area contributed by atoms with Crippen LogP contribution in [0.5, 0.6) is 5.75 Å². The van der Waals surface area contributed by atoms with Crippen LogP contribution in [0.4, 0.5) is 0 Å². The Labute approximate surface area is 64.6 Å². The van der Waals surface area contributed by atoms with Crippen LogP contribution in [-0.2, 0) is 6.54 Å². The molecule has 0 amide bonds. The van der Waals surface area contributed by atoms with Gasteiger partial charge in [-0.15, -0.1) is 0 Å². The highest BCUT2D eigenvalue weighted by molar-refractivity contribution is 6.13. The van der Waals surface area contributed by atoms with E-state index in [0.29, 0.717) is 6.54 Å². The van der Waals surface area contributed by atoms with Crippen molar-refractivity contribution in [1.82, 2.24) is 4.84 Å². The summed E-state index contributed by atoms with van der Waals surface area (Å²) >= 11 is 5.25. The monoisotopic (exact) mass is 157 g/mol. The highest BCUT2D eigenvalue weighted by Gasteiger charge is 1.95. The van der Waals surface area contributed by atoms with Gasteiger partial charge in [-0.3, -0.25) is 0 Å². The van der Waals surface area contributed by atoms with Crippen molar-refractivity contribution in [3.8, 4) is 5.75 Å². The van der Waals surface area contributed by atoms with Crippen LogP contribution in [-0.4, -0.2) is 5.11 Å². The molecular weight excluding hydrogens is 150 g/mol. The lowest BCUT2D eigenvalue weighted by atomic mass is 10.2. The Kier molecular flexibility index (Phi) is 2.54. The smallest absolute Gasteiger partial charge is 0.120 e. The third kappa shape index (κ3) is 1.62. The molecule has 0 aromatic heterocycles. The Morgan fingerprint density at radius 1 is 1.40 bits per heavy atom. The molecule has 54 valence electrons. The van der Waals surface area contributed by atoms with Crippen molar-refractivity contribution in [2.24, 2.45) is 0 Å². The van der Waals surface area contributed by atoms with Crippen molar-refractivity contribution in [3.63, 3.8) is 0 Å². The molecule has 1 aromatic rings. The van der Waals surface area contributed by atoms with Crippen LogP contribution < -0.4 is 4.84 Å². The van der Waals surface area contributed by atoms with Gasteiger partial charge in [0.2, 0.25) is 0 Å². The number of hydrogen-bond donors (Lipinski definition) is 2. The Morgan fingerprint density at radius 2 is 2.10 bits per heavy atom. The first kappa shape index (κ1) is 7.38. The molecule has 0 unspecified atom stereocenters. The zero-order chi connectivity index (χ0) is 7.40. The second-order valence-corrected chi connectivity index (χ2v) is 2.21. The van der Waals surface area contributed by atoms with E-state index in [4.69, 9.17) is 16.9 Å². The second-order valence-electron chi connectivity index (χ2n) is 1.94. The maximum atomic E-state index is 9.14. The van der Waals surface area contributed by atoms with E-state index >= 15 is 0 Å². The molecular formula is C7H8ClNO. The van der Waals surface area contributed by atoms with Gasteiger partial charge in [-0.25, -0.2) is 4.84 Å². The summed E-state index contributed by atoms with van der Waals surface area (Å²) in [6, 6.07) is 7.06. The molecule has 0 aliphatic heterocycles. The van der Waals surface area contributed by atoms with E-state index in [1.165, 1.54) is 0 Å². The normalized spacial score (nSPS) is 9.70. The Morgan fingerprint density at radius 3 is 2.70 bits per heavy atom. The minimum atomic E-state index is 0.274. The van der Waals surface area contributed by atoms with Crippen LogP contribution in [0.15, 0.2) is 24.3 Å². The highest BCUT2D eigenvalue weighted by Crippen LogP contribution is 2.14. The number of aromatic hydroxyl groups is 1. The zero-order valence-electron chi connectivity index (χ0n) is 5.34. The number of nitrogens with one attached hydrogen (secondary N) is 1. The third-order valence-corrected chi connectivity index (χ3v) is 1.38. The first-order valence-corrected chi connectivity index (χ1v) is 3.33. The molecule has 0 saturated carbocycles. The summed E-state index contributed by atoms with van der Waals surface area (Å²) in [5, 5.41) is 9.14. The molecule has 0 heterocycles. The van der Waals surface area contributed by atoms with Crippen molar-refractivity contribution < 1.29 is 5.11 Å². The van der Waals surface area contributed by atoms with Crippen molar-refractivity contribution in [2.45, 2.75) is 6.54 Å². The predicted molar refractivity (Wildman–Crippen MR) is 40.8 cm³/mol. The van der Waals surface area contributed by atoms with Gasteiger partial charge in [0.05, 0.1) is 0 Å². The summed E-state index contributed by atoms with van der Waals surface area (Å²) in [5.74, 6) is 0.274. The van der Waals surface area contributed by atoms with Gasteiger partial charge >= 0.3 is 0 Å². The molecule has 2 nitrogen and oxygen atoms in total. The average molecular weight is 158 g/mol. The van der Waals surface area contributed by atoms with Crippen molar-refractivity contribution in [1.29, 1.82) is 0 Å². The molecule has 1 aromatic carbocycles. The molecule has 0 fully saturated rings. The second kappa shape index (κ2) is 3.44. The van der Waals surface area contributed by atoms with Crippen LogP contribution in [0.1, 0.15) is 5.56 Å². The number of benzene rings is 1. The number of halogens is 1. The lowest BCUT2D eigenvalue weighted by molar-refractivity contribution is 0.467. The largest absolute Gasteiger partial charge is 0.508 e. The summed E-state index contributed by atoms with van der Waals surface area (Å²) < 4.78 is 0. The zero-order valence-corrected chi connectivity index (χ0v) is 6.10. The van der Waals surface area contributed by atoms with Crippen molar-refractivity contribution in [3.05, 3.63) is 29.8 Å². The van der Waals surface area contributed by atoms with Gasteiger partial charge in [0.15, 0.2) is 0 Å². The van der Waals surface area contributed by atoms with E-state index in [2.05, 4.69) is 4.84 Å². The fourth-order valence-electron chi connectivity index (χ4n) is 0.732. The van der Waals surface area contributed by atoms with Gasteiger partial charge < -0.3 is 5.11 Å². The lowest BCUT2D eigenvalue weighted by Gasteiger charge is -1.99. The minimum absolute atomic E-state index is 0.274. The molecule has 0 spiro atoms. The quantitative estimate of drug-likeness (QED) is 0.640. The molecule has 0 saturated heterocycles. The number of phenols is 1. The molecule has 0 atom stereocenters. The van der Waals surface area contributed by atoms with Crippen LogP contribution in [0.3, 0.4) is 0 Å². The van der Waals surface area contributed by atoms with E-state index in [1.807, 2.05) is 12.1 Å². The molecule has 0 aliphatic carbocycles. The van der Waals surface area contributed by atoms with Gasteiger partial charge in [-0.05, 0) is 17.8 Å². The van der Waals surface area contributed by atoms with Gasteiger partial charge in [-0.2, -0.15) is 0 Å². The molecule has 0 bridgehead atoms. The number of rotatable bonds is 2. The number of phenolic OH excluding ortho intramolecular Hbond substituents is 1. The van der Waals surface area contributed by atoms with Crippen molar-refractivity contribution in [2.75, 3.05) is 0 Å². The molecule has 10 heavy (non-hydrogen) atoms. The molecule has 0 radical (unpaired) electrons. The van der Waals surface area contributed by atoms with Gasteiger partial charge in [-0.1, -0.05) is 18.2 Å². The minimum Gasteiger partial charge on any atom is -0.508 e. The van der Waals surface area contributed by atoms with Crippen LogP contribution in [0, 0.1) is 0 Å². The van der Waals surface area contributed by atoms with E-state index in [-0.39, 0.29) is 5.75 Å². The molecule has 2 N–H and O–H groups in total. The standard InChI is InChI=1S/C7H8ClNO/c8-9-5-6-3-1-2-4-7(6)10/h1-4,9-10H,5H2. The van der Waals surface area contributed by atoms with E-state index in [9.17, 15) is 0 Å². The maximum Gasteiger partial charge on any atom is 0.120 e. The molecule has 3 heteroatoms. The summed E-state index contributed by atoms with van der Waals surface area (Å²) in [5.41, 5.74) is 0.803. The van der Waals surface area contributed by atoms with E-state index in [1.54, 1.807) is 12.1 Å². The molecule has 0 aliphatic rings. The Bertz CT molecular complexity index is 215. The first-order chi connectivity index (χ1) is 4.84. The van der Waals surface area contributed by atoms with Gasteiger partial charge in [0, 0.05) is 12.1 Å². The van der Waals surface area contributed by atoms with Crippen molar-refractivity contribution >= 4 is 11.8 Å². The maximum absolute atomic E-state index is 9.14. The lowest BCUT2D eigenvalue weighted by Crippen LogP contribution is -1.97. The summed E-state index contributed by atoms with van der Waals surface area (Å²) in [6.07, 6.45) is 0. The highest BCUT2D eigenvalue weighted by atomic mass is 35.5. The topological polar surface area (TPSA) is 32.3 Å². The number of para-hydroxylation sites is 1. The Balaban J connectivity index is 2.81. The van der Waals surface area contributed by atoms with Crippen LogP contribution >= 0.6 is 11.8 Å². The fraction of sp³-hybridized carbons (Fsp3) is 0.143. The predicted octanol–water partition coefficient (Wildman–Crippen LogP) is 1.64. The fourth-order valence-corrected chi connectivity index (χ4v) is 0.876. The van der Waals surface area contributed by atoms with Crippen LogP contribution in [0.2, 0.25) is 0 Å². The summed E-state index contributed by atoms with van der Waals surface area (Å²) in [6.45, 7) is 0.480. The Hall–Kier alpha value is -0.730.